The summed E-state index contributed by atoms with van der Waals surface area (Å²) in [6, 6.07) is 6.76. The van der Waals surface area contributed by atoms with Crippen LogP contribution < -0.4 is 0 Å². The molecule has 0 spiro atoms. The van der Waals surface area contributed by atoms with Crippen LogP contribution in [-0.4, -0.2) is 42.5 Å². The first kappa shape index (κ1) is 27.1. The van der Waals surface area contributed by atoms with Crippen molar-refractivity contribution in [3.05, 3.63) is 29.8 Å². The summed E-state index contributed by atoms with van der Waals surface area (Å²) in [6.45, 7) is 2.26. The number of hydrogen-bond donors (Lipinski definition) is 1. The van der Waals surface area contributed by atoms with E-state index in [9.17, 15) is 13.0 Å². The fourth-order valence-corrected chi connectivity index (χ4v) is 4.22. The van der Waals surface area contributed by atoms with Gasteiger partial charge in [0.25, 0.3) is 10.1 Å². The molecule has 27 heavy (non-hydrogen) atoms. The summed E-state index contributed by atoms with van der Waals surface area (Å²) < 4.78 is 32.0. The molecule has 1 N–H and O–H groups in total. The Bertz CT molecular complexity index is 573. The van der Waals surface area contributed by atoms with Crippen LogP contribution in [0.3, 0.4) is 0 Å². The summed E-state index contributed by atoms with van der Waals surface area (Å²) in [7, 11) is -4.10. The van der Waals surface area contributed by atoms with E-state index in [2.05, 4.69) is 6.92 Å². The van der Waals surface area contributed by atoms with Crippen molar-refractivity contribution in [2.75, 3.05) is 0 Å². The standard InChI is InChI=1S/C22H38O3S.Na.H/c1-2-3-4-5-6-7-8-9-10-11-12-13-14-15-18-21-19-16-17-20-22(21)26(23,24)25;;/h16-17,19-20H,2-15,18H2,1H3,(H,23,24,25);;. The van der Waals surface area contributed by atoms with Gasteiger partial charge in [0.2, 0.25) is 0 Å². The van der Waals surface area contributed by atoms with Crippen molar-refractivity contribution < 1.29 is 13.0 Å². The van der Waals surface area contributed by atoms with Gasteiger partial charge in [0.05, 0.1) is 4.90 Å². The Morgan fingerprint density at radius 3 is 1.56 bits per heavy atom. The number of unbranched alkanes of at least 4 members (excludes halogenated alkanes) is 13. The van der Waals surface area contributed by atoms with Gasteiger partial charge < -0.3 is 0 Å². The molecule has 0 atom stereocenters. The second kappa shape index (κ2) is 17.0. The van der Waals surface area contributed by atoms with Gasteiger partial charge in [-0.2, -0.15) is 8.42 Å². The summed E-state index contributed by atoms with van der Waals surface area (Å²) >= 11 is 0. The SMILES string of the molecule is CCCCCCCCCCCCCCCCc1ccccc1S(=O)(=O)O.[NaH]. The summed E-state index contributed by atoms with van der Waals surface area (Å²) in [5, 5.41) is 0. The third-order valence-corrected chi connectivity index (χ3v) is 6.00. The monoisotopic (exact) mass is 406 g/mol. The summed E-state index contributed by atoms with van der Waals surface area (Å²) in [4.78, 5) is 0.0645. The Hall–Kier alpha value is 0.130. The molecule has 1 rings (SSSR count). The van der Waals surface area contributed by atoms with Gasteiger partial charge in [-0.15, -0.1) is 0 Å². The first-order valence-corrected chi connectivity index (χ1v) is 12.0. The maximum absolute atomic E-state index is 11.4. The van der Waals surface area contributed by atoms with E-state index >= 15 is 0 Å². The predicted molar refractivity (Wildman–Crippen MR) is 117 cm³/mol. The topological polar surface area (TPSA) is 54.4 Å². The van der Waals surface area contributed by atoms with Crippen LogP contribution in [-0.2, 0) is 16.5 Å². The van der Waals surface area contributed by atoms with Crippen molar-refractivity contribution in [3.63, 3.8) is 0 Å². The molecule has 0 aliphatic rings. The van der Waals surface area contributed by atoms with Crippen LogP contribution in [0.2, 0.25) is 0 Å². The average Bonchev–Trinajstić information content (AvgIpc) is 2.61. The van der Waals surface area contributed by atoms with Gasteiger partial charge in [-0.25, -0.2) is 0 Å². The summed E-state index contributed by atoms with van der Waals surface area (Å²) in [6.07, 6.45) is 19.1. The van der Waals surface area contributed by atoms with Crippen LogP contribution in [0, 0.1) is 0 Å². The van der Waals surface area contributed by atoms with Crippen LogP contribution >= 0.6 is 0 Å². The van der Waals surface area contributed by atoms with Crippen molar-refractivity contribution in [1.82, 2.24) is 0 Å². The molecule has 0 unspecified atom stereocenters. The summed E-state index contributed by atoms with van der Waals surface area (Å²) in [5.41, 5.74) is 0.730. The van der Waals surface area contributed by atoms with Crippen LogP contribution in [0.25, 0.3) is 0 Å². The number of aryl methyl sites for hydroxylation is 1. The van der Waals surface area contributed by atoms with Gasteiger partial charge in [0, 0.05) is 0 Å². The second-order valence-electron chi connectivity index (χ2n) is 7.43. The van der Waals surface area contributed by atoms with Crippen molar-refractivity contribution in [3.8, 4) is 0 Å². The Morgan fingerprint density at radius 2 is 1.11 bits per heavy atom. The molecule has 0 bridgehead atoms. The molecule has 1 aromatic rings. The molecule has 5 heteroatoms. The molecular weight excluding hydrogens is 367 g/mol. The van der Waals surface area contributed by atoms with Crippen molar-refractivity contribution >= 4 is 39.7 Å². The zero-order valence-corrected chi connectivity index (χ0v) is 17.4. The minimum absolute atomic E-state index is 0. The Kier molecular flexibility index (Phi) is 17.1. The van der Waals surface area contributed by atoms with Crippen LogP contribution in [0.4, 0.5) is 0 Å². The Labute approximate surface area is 189 Å². The first-order chi connectivity index (χ1) is 12.6. The molecule has 0 aliphatic carbocycles. The molecule has 0 amide bonds. The van der Waals surface area contributed by atoms with Crippen molar-refractivity contribution in [1.29, 1.82) is 0 Å². The van der Waals surface area contributed by atoms with Gasteiger partial charge in [-0.05, 0) is 24.5 Å². The van der Waals surface area contributed by atoms with Gasteiger partial charge in [-0.3, -0.25) is 4.55 Å². The Balaban J connectivity index is 0.00000676. The second-order valence-corrected chi connectivity index (χ2v) is 8.82. The van der Waals surface area contributed by atoms with Crippen LogP contribution in [0.5, 0.6) is 0 Å². The van der Waals surface area contributed by atoms with E-state index < -0.39 is 10.1 Å². The van der Waals surface area contributed by atoms with E-state index in [1.165, 1.54) is 83.1 Å². The van der Waals surface area contributed by atoms with E-state index in [0.29, 0.717) is 6.42 Å². The molecule has 0 saturated carbocycles. The number of rotatable bonds is 16. The third kappa shape index (κ3) is 13.9. The van der Waals surface area contributed by atoms with Gasteiger partial charge in [0.15, 0.2) is 0 Å². The Morgan fingerprint density at radius 1 is 0.704 bits per heavy atom. The molecule has 0 saturated heterocycles. The third-order valence-electron chi connectivity index (χ3n) is 5.05. The first-order valence-electron chi connectivity index (χ1n) is 10.6. The molecule has 0 aliphatic heterocycles. The van der Waals surface area contributed by atoms with E-state index in [1.807, 2.05) is 6.07 Å². The fraction of sp³-hybridized carbons (Fsp3) is 0.727. The predicted octanol–water partition coefficient (Wildman–Crippen LogP) is 6.31. The minimum atomic E-state index is -4.10. The van der Waals surface area contributed by atoms with E-state index in [1.54, 1.807) is 12.1 Å². The zero-order valence-electron chi connectivity index (χ0n) is 16.6. The van der Waals surface area contributed by atoms with E-state index in [4.69, 9.17) is 0 Å². The maximum atomic E-state index is 11.4. The van der Waals surface area contributed by atoms with E-state index in [-0.39, 0.29) is 34.5 Å². The van der Waals surface area contributed by atoms with Gasteiger partial charge in [0.1, 0.15) is 0 Å². The molecule has 0 heterocycles. The van der Waals surface area contributed by atoms with Crippen molar-refractivity contribution in [2.24, 2.45) is 0 Å². The summed E-state index contributed by atoms with van der Waals surface area (Å²) in [5.74, 6) is 0. The molecule has 152 valence electrons. The molecule has 0 aromatic heterocycles. The quantitative estimate of drug-likeness (QED) is 0.199. The molecule has 0 fully saturated rings. The van der Waals surface area contributed by atoms with Crippen LogP contribution in [0.1, 0.15) is 102 Å². The van der Waals surface area contributed by atoms with Crippen molar-refractivity contribution in [2.45, 2.75) is 108 Å². The van der Waals surface area contributed by atoms with E-state index in [0.717, 1.165) is 18.4 Å². The zero-order chi connectivity index (χ0) is 19.1. The molecule has 0 radical (unpaired) electrons. The molecule has 1 aromatic carbocycles. The van der Waals surface area contributed by atoms with Crippen LogP contribution in [0.15, 0.2) is 29.2 Å². The van der Waals surface area contributed by atoms with Gasteiger partial charge >= 0.3 is 29.6 Å². The average molecular weight is 407 g/mol. The number of hydrogen-bond acceptors (Lipinski definition) is 2. The fourth-order valence-electron chi connectivity index (χ4n) is 3.47. The molecule has 3 nitrogen and oxygen atoms in total. The molecular formula is C22H39NaO3S. The normalized spacial score (nSPS) is 11.3. The number of benzene rings is 1. The van der Waals surface area contributed by atoms with Gasteiger partial charge in [-0.1, -0.05) is 109 Å².